The van der Waals surface area contributed by atoms with E-state index < -0.39 is 0 Å². The Morgan fingerprint density at radius 2 is 2.12 bits per heavy atom. The van der Waals surface area contributed by atoms with Crippen LogP contribution in [-0.2, 0) is 0 Å². The molecule has 0 aliphatic heterocycles. The van der Waals surface area contributed by atoms with Gasteiger partial charge in [0.05, 0.1) is 0 Å². The van der Waals surface area contributed by atoms with Crippen molar-refractivity contribution < 1.29 is 4.79 Å². The van der Waals surface area contributed by atoms with Crippen LogP contribution < -0.4 is 11.1 Å². The van der Waals surface area contributed by atoms with E-state index in [4.69, 9.17) is 5.73 Å². The van der Waals surface area contributed by atoms with Gasteiger partial charge in [0.2, 0.25) is 0 Å². The van der Waals surface area contributed by atoms with Crippen molar-refractivity contribution >= 4 is 21.8 Å². The molecule has 1 unspecified atom stereocenters. The standard InChI is InChI=1S/C13H19BrN2O/c1-8(2)12(7-15)16-13(17)11-6-10(14)5-4-9(11)3/h4-6,8,12H,7,15H2,1-3H3,(H,16,17). The maximum atomic E-state index is 12.1. The molecular weight excluding hydrogens is 280 g/mol. The number of nitrogens with two attached hydrogens (primary N) is 1. The molecule has 1 amide bonds. The zero-order valence-corrected chi connectivity index (χ0v) is 12.0. The first kappa shape index (κ1) is 14.2. The van der Waals surface area contributed by atoms with Gasteiger partial charge in [-0.3, -0.25) is 4.79 Å². The van der Waals surface area contributed by atoms with Crippen LogP contribution in [0.4, 0.5) is 0 Å². The van der Waals surface area contributed by atoms with Crippen molar-refractivity contribution in [3.63, 3.8) is 0 Å². The second-order valence-corrected chi connectivity index (χ2v) is 5.43. The van der Waals surface area contributed by atoms with Crippen LogP contribution in [0, 0.1) is 12.8 Å². The molecule has 0 bridgehead atoms. The van der Waals surface area contributed by atoms with E-state index in [1.54, 1.807) is 0 Å². The van der Waals surface area contributed by atoms with Crippen molar-refractivity contribution in [2.45, 2.75) is 26.8 Å². The maximum Gasteiger partial charge on any atom is 0.251 e. The number of hydrogen-bond donors (Lipinski definition) is 2. The van der Waals surface area contributed by atoms with Crippen molar-refractivity contribution in [2.24, 2.45) is 11.7 Å². The fourth-order valence-corrected chi connectivity index (χ4v) is 1.94. The zero-order valence-electron chi connectivity index (χ0n) is 10.5. The topological polar surface area (TPSA) is 55.1 Å². The fourth-order valence-electron chi connectivity index (χ4n) is 1.58. The number of nitrogens with one attached hydrogen (secondary N) is 1. The number of hydrogen-bond acceptors (Lipinski definition) is 2. The second kappa shape index (κ2) is 6.17. The summed E-state index contributed by atoms with van der Waals surface area (Å²) in [6.07, 6.45) is 0. The zero-order chi connectivity index (χ0) is 13.0. The molecule has 0 aliphatic rings. The van der Waals surface area contributed by atoms with E-state index in [2.05, 4.69) is 21.2 Å². The highest BCUT2D eigenvalue weighted by molar-refractivity contribution is 9.10. The molecule has 1 aromatic rings. The molecule has 4 heteroatoms. The first-order valence-corrected chi connectivity index (χ1v) is 6.52. The van der Waals surface area contributed by atoms with E-state index in [1.165, 1.54) is 0 Å². The number of carbonyl (C=O) groups excluding carboxylic acids is 1. The van der Waals surface area contributed by atoms with Crippen LogP contribution in [-0.4, -0.2) is 18.5 Å². The summed E-state index contributed by atoms with van der Waals surface area (Å²) >= 11 is 3.37. The molecule has 0 aliphatic carbocycles. The van der Waals surface area contributed by atoms with Gasteiger partial charge in [0.1, 0.15) is 0 Å². The van der Waals surface area contributed by atoms with E-state index >= 15 is 0 Å². The molecule has 1 atom stereocenters. The molecule has 0 spiro atoms. The Hall–Kier alpha value is -0.870. The van der Waals surface area contributed by atoms with Crippen molar-refractivity contribution in [2.75, 3.05) is 6.54 Å². The monoisotopic (exact) mass is 298 g/mol. The minimum atomic E-state index is -0.0621. The van der Waals surface area contributed by atoms with E-state index in [9.17, 15) is 4.79 Å². The third-order valence-corrected chi connectivity index (χ3v) is 3.31. The molecule has 0 fully saturated rings. The number of benzene rings is 1. The number of aryl methyl sites for hydroxylation is 1. The van der Waals surface area contributed by atoms with Crippen molar-refractivity contribution in [1.82, 2.24) is 5.32 Å². The van der Waals surface area contributed by atoms with Crippen LogP contribution in [0.15, 0.2) is 22.7 Å². The van der Waals surface area contributed by atoms with Crippen LogP contribution in [0.3, 0.4) is 0 Å². The van der Waals surface area contributed by atoms with Gasteiger partial charge in [-0.2, -0.15) is 0 Å². The van der Waals surface area contributed by atoms with Crippen molar-refractivity contribution in [1.29, 1.82) is 0 Å². The molecule has 17 heavy (non-hydrogen) atoms. The molecule has 1 aromatic carbocycles. The molecule has 1 rings (SSSR count). The highest BCUT2D eigenvalue weighted by Gasteiger charge is 2.16. The lowest BCUT2D eigenvalue weighted by molar-refractivity contribution is 0.0927. The van der Waals surface area contributed by atoms with Gasteiger partial charge in [-0.25, -0.2) is 0 Å². The van der Waals surface area contributed by atoms with Crippen LogP contribution >= 0.6 is 15.9 Å². The average Bonchev–Trinajstić information content (AvgIpc) is 2.28. The van der Waals surface area contributed by atoms with Gasteiger partial charge in [0.15, 0.2) is 0 Å². The van der Waals surface area contributed by atoms with Gasteiger partial charge >= 0.3 is 0 Å². The highest BCUT2D eigenvalue weighted by atomic mass is 79.9. The Morgan fingerprint density at radius 1 is 1.47 bits per heavy atom. The Balaban J connectivity index is 2.86. The molecule has 0 radical (unpaired) electrons. The van der Waals surface area contributed by atoms with E-state index in [-0.39, 0.29) is 11.9 Å². The van der Waals surface area contributed by atoms with Gasteiger partial charge in [-0.15, -0.1) is 0 Å². The molecule has 0 saturated heterocycles. The van der Waals surface area contributed by atoms with Crippen LogP contribution in [0.1, 0.15) is 29.8 Å². The Morgan fingerprint density at radius 3 is 2.65 bits per heavy atom. The minimum Gasteiger partial charge on any atom is -0.348 e. The first-order valence-electron chi connectivity index (χ1n) is 5.72. The summed E-state index contributed by atoms with van der Waals surface area (Å²) in [5.74, 6) is 0.268. The molecule has 3 N–H and O–H groups in total. The minimum absolute atomic E-state index is 0.0147. The summed E-state index contributed by atoms with van der Waals surface area (Å²) < 4.78 is 0.905. The van der Waals surface area contributed by atoms with Gasteiger partial charge < -0.3 is 11.1 Å². The molecule has 0 heterocycles. The number of carbonyl (C=O) groups is 1. The predicted molar refractivity (Wildman–Crippen MR) is 74.0 cm³/mol. The first-order chi connectivity index (χ1) is 7.95. The summed E-state index contributed by atoms with van der Waals surface area (Å²) in [6, 6.07) is 5.69. The molecular formula is C13H19BrN2O. The Bertz CT molecular complexity index is 404. The van der Waals surface area contributed by atoms with Crippen molar-refractivity contribution in [3.8, 4) is 0 Å². The maximum absolute atomic E-state index is 12.1. The smallest absolute Gasteiger partial charge is 0.251 e. The van der Waals surface area contributed by atoms with Crippen molar-refractivity contribution in [3.05, 3.63) is 33.8 Å². The van der Waals surface area contributed by atoms with Gasteiger partial charge in [0.25, 0.3) is 5.91 Å². The third-order valence-electron chi connectivity index (χ3n) is 2.82. The van der Waals surface area contributed by atoms with E-state index in [1.807, 2.05) is 39.0 Å². The number of amides is 1. The largest absolute Gasteiger partial charge is 0.348 e. The van der Waals surface area contributed by atoms with Gasteiger partial charge in [0, 0.05) is 22.6 Å². The quantitative estimate of drug-likeness (QED) is 0.897. The van der Waals surface area contributed by atoms with E-state index in [0.29, 0.717) is 18.0 Å². The normalized spacial score (nSPS) is 12.6. The Labute approximate surface area is 111 Å². The van der Waals surface area contributed by atoms with Crippen LogP contribution in [0.25, 0.3) is 0 Å². The van der Waals surface area contributed by atoms with Gasteiger partial charge in [-0.05, 0) is 30.5 Å². The highest BCUT2D eigenvalue weighted by Crippen LogP contribution is 2.16. The Kier molecular flexibility index (Phi) is 5.15. The summed E-state index contributed by atoms with van der Waals surface area (Å²) in [4.78, 5) is 12.1. The summed E-state index contributed by atoms with van der Waals surface area (Å²) in [5.41, 5.74) is 7.30. The van der Waals surface area contributed by atoms with Gasteiger partial charge in [-0.1, -0.05) is 35.8 Å². The molecule has 0 aromatic heterocycles. The predicted octanol–water partition coefficient (Wildman–Crippen LogP) is 2.47. The van der Waals surface area contributed by atoms with Crippen LogP contribution in [0.5, 0.6) is 0 Å². The SMILES string of the molecule is Cc1ccc(Br)cc1C(=O)NC(CN)C(C)C. The lowest BCUT2D eigenvalue weighted by Crippen LogP contribution is -2.43. The lowest BCUT2D eigenvalue weighted by atomic mass is 10.0. The van der Waals surface area contributed by atoms with E-state index in [0.717, 1.165) is 10.0 Å². The number of halogens is 1. The second-order valence-electron chi connectivity index (χ2n) is 4.52. The fraction of sp³-hybridized carbons (Fsp3) is 0.462. The lowest BCUT2D eigenvalue weighted by Gasteiger charge is -2.21. The number of rotatable bonds is 4. The molecule has 0 saturated carbocycles. The third kappa shape index (κ3) is 3.82. The molecule has 3 nitrogen and oxygen atoms in total. The summed E-state index contributed by atoms with van der Waals surface area (Å²) in [5, 5.41) is 2.97. The summed E-state index contributed by atoms with van der Waals surface area (Å²) in [7, 11) is 0. The molecule has 94 valence electrons. The average molecular weight is 299 g/mol. The summed E-state index contributed by atoms with van der Waals surface area (Å²) in [6.45, 7) is 6.47. The van der Waals surface area contributed by atoms with Crippen LogP contribution in [0.2, 0.25) is 0 Å².